The maximum Gasteiger partial charge on any atom is 0.0610 e. The fraction of sp³-hybridized carbons (Fsp3) is 0.636. The second-order valence-corrected chi connectivity index (χ2v) is 6.36. The van der Waals surface area contributed by atoms with Crippen LogP contribution in [0, 0.1) is 0 Å². The molecule has 0 fully saturated rings. The number of hydrogen-bond acceptors (Lipinski definition) is 4. The fourth-order valence-corrected chi connectivity index (χ4v) is 3.10. The summed E-state index contributed by atoms with van der Waals surface area (Å²) >= 11 is 5.13. The van der Waals surface area contributed by atoms with Crippen LogP contribution in [0.4, 0.5) is 0 Å². The van der Waals surface area contributed by atoms with Gasteiger partial charge in [0.25, 0.3) is 0 Å². The molecule has 0 saturated carbocycles. The number of thiophene rings is 1. The van der Waals surface area contributed by atoms with Crippen LogP contribution in [-0.4, -0.2) is 35.7 Å². The first-order chi connectivity index (χ1) is 7.42. The molecule has 1 heterocycles. The molecule has 0 aliphatic heterocycles. The predicted octanol–water partition coefficient (Wildman–Crippen LogP) is 2.21. The van der Waals surface area contributed by atoms with E-state index >= 15 is 0 Å². The van der Waals surface area contributed by atoms with Gasteiger partial charge in [-0.05, 0) is 42.9 Å². The highest BCUT2D eigenvalue weighted by molar-refractivity contribution is 9.10. The molecule has 0 radical (unpaired) electrons. The van der Waals surface area contributed by atoms with Gasteiger partial charge < -0.3 is 10.8 Å². The molecule has 1 aromatic heterocycles. The van der Waals surface area contributed by atoms with Gasteiger partial charge >= 0.3 is 0 Å². The first-order valence-electron chi connectivity index (χ1n) is 5.20. The van der Waals surface area contributed by atoms with Crippen molar-refractivity contribution < 1.29 is 5.11 Å². The zero-order valence-corrected chi connectivity index (χ0v) is 12.3. The van der Waals surface area contributed by atoms with Crippen molar-refractivity contribution in [3.8, 4) is 0 Å². The number of likely N-dealkylation sites (N-methyl/N-ethyl adjacent to an activating group) is 1. The summed E-state index contributed by atoms with van der Waals surface area (Å²) in [6, 6.07) is 2.24. The number of halogens is 1. The van der Waals surface area contributed by atoms with Crippen molar-refractivity contribution >= 4 is 27.3 Å². The van der Waals surface area contributed by atoms with Crippen LogP contribution in [0.25, 0.3) is 0 Å². The highest BCUT2D eigenvalue weighted by Gasteiger charge is 2.29. The first kappa shape index (κ1) is 14.1. The van der Waals surface area contributed by atoms with E-state index in [0.717, 1.165) is 4.47 Å². The quantitative estimate of drug-likeness (QED) is 0.877. The minimum atomic E-state index is -0.263. The van der Waals surface area contributed by atoms with E-state index in [1.807, 2.05) is 20.9 Å². The average molecular weight is 307 g/mol. The molecule has 0 saturated heterocycles. The standard InChI is InChI=1S/C11H19BrN2OS/c1-11(2,7-15)14(3)9(5-13)10-4-8(12)6-16-10/h4,6,9,15H,5,7,13H2,1-3H3. The van der Waals surface area contributed by atoms with Crippen molar-refractivity contribution in [3.63, 3.8) is 0 Å². The summed E-state index contributed by atoms with van der Waals surface area (Å²) in [6.45, 7) is 4.69. The molecule has 0 bridgehead atoms. The number of nitrogens with zero attached hydrogens (tertiary/aromatic N) is 1. The number of rotatable bonds is 5. The maximum absolute atomic E-state index is 9.37. The summed E-state index contributed by atoms with van der Waals surface area (Å²) < 4.78 is 1.08. The van der Waals surface area contributed by atoms with Crippen molar-refractivity contribution in [2.75, 3.05) is 20.2 Å². The number of aliphatic hydroxyl groups excluding tert-OH is 1. The topological polar surface area (TPSA) is 49.5 Å². The Hall–Kier alpha value is 0.0600. The molecule has 0 aliphatic rings. The zero-order chi connectivity index (χ0) is 12.3. The van der Waals surface area contributed by atoms with Crippen LogP contribution in [0.3, 0.4) is 0 Å². The van der Waals surface area contributed by atoms with E-state index in [1.54, 1.807) is 11.3 Å². The van der Waals surface area contributed by atoms with Crippen molar-refractivity contribution in [1.29, 1.82) is 0 Å². The number of hydrogen-bond donors (Lipinski definition) is 2. The zero-order valence-electron chi connectivity index (χ0n) is 9.90. The van der Waals surface area contributed by atoms with E-state index in [2.05, 4.69) is 32.3 Å². The molecule has 1 atom stereocenters. The van der Waals surface area contributed by atoms with Gasteiger partial charge in [0.15, 0.2) is 0 Å². The van der Waals surface area contributed by atoms with Crippen molar-refractivity contribution in [3.05, 3.63) is 20.8 Å². The van der Waals surface area contributed by atoms with Gasteiger partial charge in [-0.25, -0.2) is 0 Å². The summed E-state index contributed by atoms with van der Waals surface area (Å²) in [6.07, 6.45) is 0. The van der Waals surface area contributed by atoms with Gasteiger partial charge in [0, 0.05) is 26.8 Å². The van der Waals surface area contributed by atoms with Crippen LogP contribution < -0.4 is 5.73 Å². The Bertz CT molecular complexity index is 340. The molecular formula is C11H19BrN2OS. The smallest absolute Gasteiger partial charge is 0.0610 e. The normalized spacial score (nSPS) is 14.4. The highest BCUT2D eigenvalue weighted by Crippen LogP contribution is 2.31. The molecule has 3 nitrogen and oxygen atoms in total. The summed E-state index contributed by atoms with van der Waals surface area (Å²) in [5, 5.41) is 11.4. The van der Waals surface area contributed by atoms with Gasteiger partial charge in [0.05, 0.1) is 12.6 Å². The van der Waals surface area contributed by atoms with Crippen molar-refractivity contribution in [2.24, 2.45) is 5.73 Å². The third-order valence-electron chi connectivity index (χ3n) is 2.95. The average Bonchev–Trinajstić information content (AvgIpc) is 2.66. The molecule has 1 rings (SSSR count). The largest absolute Gasteiger partial charge is 0.394 e. The predicted molar refractivity (Wildman–Crippen MR) is 72.7 cm³/mol. The summed E-state index contributed by atoms with van der Waals surface area (Å²) in [4.78, 5) is 3.35. The fourth-order valence-electron chi connectivity index (χ4n) is 1.50. The van der Waals surface area contributed by atoms with Gasteiger partial charge in [0.2, 0.25) is 0 Å². The third-order valence-corrected chi connectivity index (χ3v) is 4.74. The summed E-state index contributed by atoms with van der Waals surface area (Å²) in [7, 11) is 2.00. The van der Waals surface area contributed by atoms with Crippen LogP contribution in [0.5, 0.6) is 0 Å². The maximum atomic E-state index is 9.37. The number of aliphatic hydroxyl groups is 1. The second-order valence-electron chi connectivity index (χ2n) is 4.50. The number of nitrogens with two attached hydrogens (primary N) is 1. The molecule has 0 spiro atoms. The van der Waals surface area contributed by atoms with Gasteiger partial charge in [-0.3, -0.25) is 4.90 Å². The van der Waals surface area contributed by atoms with Crippen molar-refractivity contribution in [1.82, 2.24) is 4.90 Å². The molecule has 1 unspecified atom stereocenters. The Balaban J connectivity index is 2.90. The van der Waals surface area contributed by atoms with Crippen LogP contribution >= 0.6 is 27.3 Å². The minimum Gasteiger partial charge on any atom is -0.394 e. The third kappa shape index (κ3) is 3.05. The molecule has 0 amide bonds. The van der Waals surface area contributed by atoms with Crippen LogP contribution in [0.15, 0.2) is 15.9 Å². The Morgan fingerprint density at radius 1 is 1.62 bits per heavy atom. The molecular weight excluding hydrogens is 288 g/mol. The van der Waals surface area contributed by atoms with E-state index < -0.39 is 0 Å². The lowest BCUT2D eigenvalue weighted by Gasteiger charge is -2.39. The van der Waals surface area contributed by atoms with Gasteiger partial charge in [-0.2, -0.15) is 0 Å². The SMILES string of the molecule is CN(C(CN)c1cc(Br)cs1)C(C)(C)CO. The lowest BCUT2D eigenvalue weighted by Crippen LogP contribution is -2.47. The van der Waals surface area contributed by atoms with Crippen molar-refractivity contribution in [2.45, 2.75) is 25.4 Å². The van der Waals surface area contributed by atoms with E-state index in [-0.39, 0.29) is 18.2 Å². The second kappa shape index (κ2) is 5.60. The van der Waals surface area contributed by atoms with Gasteiger partial charge in [-0.1, -0.05) is 0 Å². The Morgan fingerprint density at radius 3 is 2.62 bits per heavy atom. The lowest BCUT2D eigenvalue weighted by molar-refractivity contribution is 0.0481. The van der Waals surface area contributed by atoms with Crippen LogP contribution in [0.2, 0.25) is 0 Å². The molecule has 3 N–H and O–H groups in total. The molecule has 5 heteroatoms. The minimum absolute atomic E-state index is 0.118. The molecule has 1 aromatic rings. The molecule has 92 valence electrons. The van der Waals surface area contributed by atoms with Crippen LogP contribution in [-0.2, 0) is 0 Å². The highest BCUT2D eigenvalue weighted by atomic mass is 79.9. The Labute approximate surface area is 109 Å². The Kier molecular flexibility index (Phi) is 4.94. The van der Waals surface area contributed by atoms with E-state index in [9.17, 15) is 5.11 Å². The van der Waals surface area contributed by atoms with Crippen LogP contribution in [0.1, 0.15) is 24.8 Å². The summed E-state index contributed by atoms with van der Waals surface area (Å²) in [5.41, 5.74) is 5.57. The van der Waals surface area contributed by atoms with E-state index in [4.69, 9.17) is 5.73 Å². The molecule has 0 aromatic carbocycles. The Morgan fingerprint density at radius 2 is 2.25 bits per heavy atom. The first-order valence-corrected chi connectivity index (χ1v) is 6.87. The monoisotopic (exact) mass is 306 g/mol. The molecule has 0 aliphatic carbocycles. The summed E-state index contributed by atoms with van der Waals surface area (Å²) in [5.74, 6) is 0. The van der Waals surface area contributed by atoms with E-state index in [0.29, 0.717) is 6.54 Å². The van der Waals surface area contributed by atoms with Gasteiger partial charge in [0.1, 0.15) is 0 Å². The molecule has 16 heavy (non-hydrogen) atoms. The lowest BCUT2D eigenvalue weighted by atomic mass is 10.0. The van der Waals surface area contributed by atoms with E-state index in [1.165, 1.54) is 4.88 Å². The van der Waals surface area contributed by atoms with Gasteiger partial charge in [-0.15, -0.1) is 11.3 Å².